The van der Waals surface area contributed by atoms with Crippen LogP contribution in [0.2, 0.25) is 0 Å². The first kappa shape index (κ1) is 13.4. The van der Waals surface area contributed by atoms with Gasteiger partial charge in [0.2, 0.25) is 0 Å². The van der Waals surface area contributed by atoms with Crippen LogP contribution >= 0.6 is 0 Å². The Hall–Kier alpha value is -3.03. The van der Waals surface area contributed by atoms with Crippen molar-refractivity contribution < 1.29 is 14.8 Å². The van der Waals surface area contributed by atoms with Crippen LogP contribution in [-0.2, 0) is 6.54 Å². The number of hydrogen-bond acceptors (Lipinski definition) is 6. The number of hydrogen-bond donors (Lipinski definition) is 2. The predicted octanol–water partition coefficient (Wildman–Crippen LogP) is 1.70. The van der Waals surface area contributed by atoms with Gasteiger partial charge in [-0.15, -0.1) is 0 Å². The van der Waals surface area contributed by atoms with E-state index in [-0.39, 0.29) is 23.7 Å². The quantitative estimate of drug-likeness (QED) is 0.629. The zero-order valence-electron chi connectivity index (χ0n) is 10.2. The smallest absolute Gasteiger partial charge is 0.358 e. The Kier molecular flexibility index (Phi) is 3.85. The standard InChI is InChI=1S/C12H10N4O4/c17-12(18)10-11(14-6-5-13-10)15-7-8-1-3-9(4-2-8)16(19)20/h1-6H,7H2,(H,14,15)(H,17,18). The van der Waals surface area contributed by atoms with Gasteiger partial charge in [0.05, 0.1) is 4.92 Å². The maximum absolute atomic E-state index is 10.9. The van der Waals surface area contributed by atoms with Gasteiger partial charge < -0.3 is 10.4 Å². The molecule has 102 valence electrons. The third-order valence-electron chi connectivity index (χ3n) is 2.51. The molecule has 0 radical (unpaired) electrons. The molecule has 0 saturated carbocycles. The van der Waals surface area contributed by atoms with Gasteiger partial charge in [-0.05, 0) is 5.56 Å². The number of carboxylic acid groups (broad SMARTS) is 1. The Morgan fingerprint density at radius 2 is 1.90 bits per heavy atom. The molecule has 0 aliphatic carbocycles. The SMILES string of the molecule is O=C(O)c1nccnc1NCc1ccc([N+](=O)[O-])cc1. The fourth-order valence-corrected chi connectivity index (χ4v) is 1.55. The van der Waals surface area contributed by atoms with Crippen LogP contribution in [0.4, 0.5) is 11.5 Å². The van der Waals surface area contributed by atoms with Gasteiger partial charge in [0, 0.05) is 31.1 Å². The maximum Gasteiger partial charge on any atom is 0.358 e. The molecule has 0 unspecified atom stereocenters. The van der Waals surface area contributed by atoms with Crippen LogP contribution in [0.25, 0.3) is 0 Å². The number of carbonyl (C=O) groups is 1. The minimum atomic E-state index is -1.18. The van der Waals surface area contributed by atoms with Gasteiger partial charge >= 0.3 is 5.97 Å². The number of aromatic nitrogens is 2. The normalized spacial score (nSPS) is 10.0. The summed E-state index contributed by atoms with van der Waals surface area (Å²) in [6.45, 7) is 0.289. The van der Waals surface area contributed by atoms with E-state index in [1.165, 1.54) is 24.5 Å². The van der Waals surface area contributed by atoms with Crippen LogP contribution < -0.4 is 5.32 Å². The Morgan fingerprint density at radius 3 is 2.50 bits per heavy atom. The lowest BCUT2D eigenvalue weighted by Crippen LogP contribution is -2.10. The highest BCUT2D eigenvalue weighted by molar-refractivity contribution is 5.90. The zero-order chi connectivity index (χ0) is 14.5. The average Bonchev–Trinajstić information content (AvgIpc) is 2.45. The van der Waals surface area contributed by atoms with E-state index >= 15 is 0 Å². The minimum absolute atomic E-state index is 0.000484. The van der Waals surface area contributed by atoms with Gasteiger partial charge in [0.1, 0.15) is 0 Å². The molecular formula is C12H10N4O4. The third kappa shape index (κ3) is 3.05. The zero-order valence-corrected chi connectivity index (χ0v) is 10.2. The highest BCUT2D eigenvalue weighted by Crippen LogP contribution is 2.14. The number of nitrogens with zero attached hydrogens (tertiary/aromatic N) is 3. The minimum Gasteiger partial charge on any atom is -0.476 e. The van der Waals surface area contributed by atoms with Crippen LogP contribution in [-0.4, -0.2) is 26.0 Å². The van der Waals surface area contributed by atoms with E-state index in [1.807, 2.05) is 0 Å². The molecule has 1 heterocycles. The van der Waals surface area contributed by atoms with E-state index in [1.54, 1.807) is 12.1 Å². The molecule has 2 aromatic rings. The number of anilines is 1. The molecule has 8 heteroatoms. The molecule has 1 aromatic carbocycles. The first-order chi connectivity index (χ1) is 9.58. The average molecular weight is 274 g/mol. The molecule has 0 saturated heterocycles. The first-order valence-corrected chi connectivity index (χ1v) is 5.59. The van der Waals surface area contributed by atoms with Gasteiger partial charge in [0.15, 0.2) is 11.5 Å². The number of rotatable bonds is 5. The molecule has 2 N–H and O–H groups in total. The lowest BCUT2D eigenvalue weighted by Gasteiger charge is -2.07. The van der Waals surface area contributed by atoms with Gasteiger partial charge in [0.25, 0.3) is 5.69 Å². The number of aromatic carboxylic acids is 1. The van der Waals surface area contributed by atoms with Crippen molar-refractivity contribution in [3.63, 3.8) is 0 Å². The van der Waals surface area contributed by atoms with E-state index in [2.05, 4.69) is 15.3 Å². The van der Waals surface area contributed by atoms with Crippen LogP contribution in [0.15, 0.2) is 36.7 Å². The summed E-state index contributed by atoms with van der Waals surface area (Å²) >= 11 is 0. The Bertz CT molecular complexity index is 642. The summed E-state index contributed by atoms with van der Waals surface area (Å²) in [5.41, 5.74) is 0.589. The van der Waals surface area contributed by atoms with E-state index in [9.17, 15) is 14.9 Å². The van der Waals surface area contributed by atoms with Crippen molar-refractivity contribution in [1.29, 1.82) is 0 Å². The fourth-order valence-electron chi connectivity index (χ4n) is 1.55. The van der Waals surface area contributed by atoms with Crippen molar-refractivity contribution >= 4 is 17.5 Å². The number of benzene rings is 1. The van der Waals surface area contributed by atoms with Crippen LogP contribution in [0, 0.1) is 10.1 Å². The molecule has 0 spiro atoms. The Labute approximate surface area is 113 Å². The predicted molar refractivity (Wildman–Crippen MR) is 69.4 cm³/mol. The lowest BCUT2D eigenvalue weighted by molar-refractivity contribution is -0.384. The van der Waals surface area contributed by atoms with Gasteiger partial charge in [-0.25, -0.2) is 14.8 Å². The monoisotopic (exact) mass is 274 g/mol. The number of non-ortho nitro benzene ring substituents is 1. The summed E-state index contributed by atoms with van der Waals surface area (Å²) in [7, 11) is 0. The molecule has 0 bridgehead atoms. The third-order valence-corrected chi connectivity index (χ3v) is 2.51. The number of nitrogens with one attached hydrogen (secondary N) is 1. The van der Waals surface area contributed by atoms with Crippen molar-refractivity contribution in [1.82, 2.24) is 9.97 Å². The summed E-state index contributed by atoms with van der Waals surface area (Å²) in [6.07, 6.45) is 2.67. The van der Waals surface area contributed by atoms with E-state index in [0.717, 1.165) is 5.56 Å². The number of carboxylic acids is 1. The highest BCUT2D eigenvalue weighted by Gasteiger charge is 2.12. The summed E-state index contributed by atoms with van der Waals surface area (Å²) < 4.78 is 0. The Morgan fingerprint density at radius 1 is 1.25 bits per heavy atom. The molecule has 0 fully saturated rings. The van der Waals surface area contributed by atoms with Crippen LogP contribution in [0.5, 0.6) is 0 Å². The van der Waals surface area contributed by atoms with Gasteiger partial charge in [-0.3, -0.25) is 10.1 Å². The first-order valence-electron chi connectivity index (χ1n) is 5.59. The van der Waals surface area contributed by atoms with E-state index < -0.39 is 10.9 Å². The molecule has 8 nitrogen and oxygen atoms in total. The van der Waals surface area contributed by atoms with Crippen molar-refractivity contribution in [3.8, 4) is 0 Å². The second-order valence-corrected chi connectivity index (χ2v) is 3.84. The van der Waals surface area contributed by atoms with E-state index in [4.69, 9.17) is 5.11 Å². The molecule has 0 aliphatic rings. The molecule has 0 atom stereocenters. The van der Waals surface area contributed by atoms with Crippen molar-refractivity contribution in [2.75, 3.05) is 5.32 Å². The molecule has 2 rings (SSSR count). The molecule has 0 aliphatic heterocycles. The fraction of sp³-hybridized carbons (Fsp3) is 0.0833. The summed E-state index contributed by atoms with van der Waals surface area (Å²) in [4.78, 5) is 28.6. The van der Waals surface area contributed by atoms with Gasteiger partial charge in [-0.2, -0.15) is 0 Å². The summed E-state index contributed by atoms with van der Waals surface area (Å²) in [5.74, 6) is -1.03. The summed E-state index contributed by atoms with van der Waals surface area (Å²) in [6, 6.07) is 5.93. The summed E-state index contributed by atoms with van der Waals surface area (Å²) in [5, 5.41) is 22.3. The largest absolute Gasteiger partial charge is 0.476 e. The van der Waals surface area contributed by atoms with Crippen molar-refractivity contribution in [2.24, 2.45) is 0 Å². The molecular weight excluding hydrogens is 264 g/mol. The molecule has 0 amide bonds. The second kappa shape index (κ2) is 5.74. The second-order valence-electron chi connectivity index (χ2n) is 3.84. The Balaban J connectivity index is 2.09. The van der Waals surface area contributed by atoms with Gasteiger partial charge in [-0.1, -0.05) is 12.1 Å². The van der Waals surface area contributed by atoms with Crippen LogP contribution in [0.1, 0.15) is 16.1 Å². The van der Waals surface area contributed by atoms with Crippen molar-refractivity contribution in [3.05, 3.63) is 58.0 Å². The number of nitro benzene ring substituents is 1. The van der Waals surface area contributed by atoms with E-state index in [0.29, 0.717) is 0 Å². The molecule has 1 aromatic heterocycles. The lowest BCUT2D eigenvalue weighted by atomic mass is 10.2. The molecule has 20 heavy (non-hydrogen) atoms. The number of nitro groups is 1. The maximum atomic E-state index is 10.9. The van der Waals surface area contributed by atoms with Crippen LogP contribution in [0.3, 0.4) is 0 Å². The van der Waals surface area contributed by atoms with Crippen molar-refractivity contribution in [2.45, 2.75) is 6.54 Å². The highest BCUT2D eigenvalue weighted by atomic mass is 16.6. The topological polar surface area (TPSA) is 118 Å².